The number of carbonyl (C=O) groups excluding carboxylic acids is 1. The zero-order chi connectivity index (χ0) is 24.2. The number of aryl methyl sites for hydroxylation is 1. The Bertz CT molecular complexity index is 1270. The first-order valence-electron chi connectivity index (χ1n) is 10.8. The van der Waals surface area contributed by atoms with Gasteiger partial charge in [0.05, 0.1) is 16.8 Å². The molecule has 1 aliphatic heterocycles. The second-order valence-corrected chi connectivity index (χ2v) is 9.19. The fraction of sp³-hybridized carbons (Fsp3) is 0.375. The number of hydrogen-bond acceptors (Lipinski definition) is 7. The Balaban J connectivity index is 1.41. The van der Waals surface area contributed by atoms with Crippen molar-refractivity contribution >= 4 is 28.8 Å². The predicted octanol–water partition coefficient (Wildman–Crippen LogP) is 2.36. The highest BCUT2D eigenvalue weighted by Gasteiger charge is 2.32. The van der Waals surface area contributed by atoms with E-state index < -0.39 is 30.2 Å². The lowest BCUT2D eigenvalue weighted by Crippen LogP contribution is -2.46. The van der Waals surface area contributed by atoms with E-state index >= 15 is 0 Å². The number of rotatable bonds is 6. The van der Waals surface area contributed by atoms with Gasteiger partial charge in [0, 0.05) is 26.6 Å². The van der Waals surface area contributed by atoms with Crippen molar-refractivity contribution in [3.05, 3.63) is 58.6 Å². The third-order valence-corrected chi connectivity index (χ3v) is 6.83. The van der Waals surface area contributed by atoms with E-state index in [0.717, 1.165) is 16.7 Å². The number of ether oxygens (including phenoxy) is 1. The molecule has 0 saturated carbocycles. The summed E-state index contributed by atoms with van der Waals surface area (Å²) < 4.78 is 26.1. The van der Waals surface area contributed by atoms with Crippen LogP contribution in [0, 0.1) is 11.3 Å². The van der Waals surface area contributed by atoms with Gasteiger partial charge in [-0.3, -0.25) is 9.36 Å². The summed E-state index contributed by atoms with van der Waals surface area (Å²) in [5.41, 5.74) is 3.94. The third kappa shape index (κ3) is 5.17. The van der Waals surface area contributed by atoms with Crippen LogP contribution in [0.2, 0.25) is 0 Å². The molecule has 8 nitrogen and oxygen atoms in total. The minimum Gasteiger partial charge on any atom is -0.408 e. The quantitative estimate of drug-likeness (QED) is 0.553. The molecule has 1 saturated heterocycles. The average Bonchev–Trinajstić information content (AvgIpc) is 3.00. The van der Waals surface area contributed by atoms with Crippen LogP contribution in [-0.2, 0) is 23.0 Å². The van der Waals surface area contributed by atoms with Gasteiger partial charge >= 0.3 is 5.76 Å². The molecule has 0 aliphatic carbocycles. The number of nitrogens with one attached hydrogen (secondary N) is 2. The number of nitriles is 1. The number of thioether (sulfide) groups is 1. The number of alkyl halides is 1. The van der Waals surface area contributed by atoms with E-state index in [1.807, 2.05) is 36.4 Å². The summed E-state index contributed by atoms with van der Waals surface area (Å²) >= 11 is 1.34. The number of fused-ring (bicyclic) bond motifs is 1. The molecule has 1 fully saturated rings. The highest BCUT2D eigenvalue weighted by atomic mass is 32.2. The van der Waals surface area contributed by atoms with Gasteiger partial charge in [0.2, 0.25) is 6.36 Å². The molecule has 178 valence electrons. The summed E-state index contributed by atoms with van der Waals surface area (Å²) in [5.74, 6) is -0.928. The largest absolute Gasteiger partial charge is 0.419 e. The number of benzene rings is 2. The normalized spacial score (nSPS) is 21.5. The number of amides is 1. The molecule has 0 unspecified atom stereocenters. The summed E-state index contributed by atoms with van der Waals surface area (Å²) in [6.07, 6.45) is -0.473. The van der Waals surface area contributed by atoms with E-state index in [-0.39, 0.29) is 11.8 Å². The zero-order valence-electron chi connectivity index (χ0n) is 18.8. The molecular formula is C24H25FN4O4S. The Morgan fingerprint density at radius 1 is 1.29 bits per heavy atom. The van der Waals surface area contributed by atoms with Crippen molar-refractivity contribution in [1.29, 1.82) is 5.26 Å². The van der Waals surface area contributed by atoms with Gasteiger partial charge in [-0.25, -0.2) is 9.18 Å². The van der Waals surface area contributed by atoms with E-state index in [4.69, 9.17) is 9.15 Å². The van der Waals surface area contributed by atoms with Crippen molar-refractivity contribution < 1.29 is 18.3 Å². The van der Waals surface area contributed by atoms with Crippen molar-refractivity contribution in [3.63, 3.8) is 0 Å². The van der Waals surface area contributed by atoms with Gasteiger partial charge in [-0.05, 0) is 35.1 Å². The maximum atomic E-state index is 14.2. The van der Waals surface area contributed by atoms with Crippen molar-refractivity contribution in [1.82, 2.24) is 15.2 Å². The van der Waals surface area contributed by atoms with Crippen LogP contribution in [0.25, 0.3) is 22.2 Å². The Labute approximate surface area is 200 Å². The van der Waals surface area contributed by atoms with Crippen molar-refractivity contribution in [2.45, 2.75) is 30.2 Å². The summed E-state index contributed by atoms with van der Waals surface area (Å²) in [5, 5.41) is 14.9. The number of halogens is 1. The predicted molar refractivity (Wildman–Crippen MR) is 128 cm³/mol. The van der Waals surface area contributed by atoms with Gasteiger partial charge in [0.15, 0.2) is 11.7 Å². The van der Waals surface area contributed by atoms with E-state index in [1.165, 1.54) is 16.3 Å². The van der Waals surface area contributed by atoms with Gasteiger partial charge in [-0.2, -0.15) is 17.0 Å². The Morgan fingerprint density at radius 2 is 2.03 bits per heavy atom. The lowest BCUT2D eigenvalue weighted by Gasteiger charge is -2.20. The molecule has 2 N–H and O–H groups in total. The van der Waals surface area contributed by atoms with Crippen molar-refractivity contribution in [2.24, 2.45) is 7.05 Å². The topological polar surface area (TPSA) is 109 Å². The Morgan fingerprint density at radius 3 is 2.74 bits per heavy atom. The van der Waals surface area contributed by atoms with Crippen molar-refractivity contribution in [2.75, 3.05) is 19.3 Å². The van der Waals surface area contributed by atoms with Crippen LogP contribution >= 0.6 is 11.8 Å². The van der Waals surface area contributed by atoms with Crippen molar-refractivity contribution in [3.8, 4) is 17.2 Å². The monoisotopic (exact) mass is 484 g/mol. The minimum absolute atomic E-state index is 0.183. The number of hydrogen-bond donors (Lipinski definition) is 2. The highest BCUT2D eigenvalue weighted by Crippen LogP contribution is 2.24. The standard InChI is InChI=1S/C24H25FN4O4S/c1-29-18-10-16(7-8-19(18)33-24(29)31)15-5-3-14(4-6-15)9-17(11-26)28-23(30)20-12-27-13-21(34-2)22(25)32-20/h3-8,10,17,20-22,27H,9,12-13H2,1-2H3,(H,28,30)/t17-,20-,21+,22-/m0/s1. The molecule has 1 amide bonds. The van der Waals surface area contributed by atoms with Crippen LogP contribution < -0.4 is 16.4 Å². The fourth-order valence-corrected chi connectivity index (χ4v) is 4.42. The molecule has 0 radical (unpaired) electrons. The summed E-state index contributed by atoms with van der Waals surface area (Å²) in [6.45, 7) is 0.590. The lowest BCUT2D eigenvalue weighted by atomic mass is 10.0. The molecule has 10 heteroatoms. The SMILES string of the molecule is CS[C@@H]1CNC[C@@H](C(=O)N[C@H](C#N)Cc2ccc(-c3ccc4oc(=O)n(C)c4c3)cc2)O[C@@H]1F. The molecule has 1 aromatic heterocycles. The zero-order valence-corrected chi connectivity index (χ0v) is 19.6. The molecule has 0 bridgehead atoms. The maximum absolute atomic E-state index is 14.2. The second kappa shape index (κ2) is 10.4. The molecule has 4 atom stereocenters. The molecule has 0 spiro atoms. The van der Waals surface area contributed by atoms with Gasteiger partial charge in [-0.1, -0.05) is 30.3 Å². The average molecular weight is 485 g/mol. The smallest absolute Gasteiger partial charge is 0.408 e. The van der Waals surface area contributed by atoms with Gasteiger partial charge in [-0.15, -0.1) is 0 Å². The van der Waals surface area contributed by atoms with Crippen LogP contribution in [0.4, 0.5) is 4.39 Å². The van der Waals surface area contributed by atoms with E-state index in [9.17, 15) is 19.2 Å². The molecular weight excluding hydrogens is 459 g/mol. The van der Waals surface area contributed by atoms with Gasteiger partial charge in [0.25, 0.3) is 5.91 Å². The van der Waals surface area contributed by atoms with Crippen LogP contribution in [0.3, 0.4) is 0 Å². The van der Waals surface area contributed by atoms with Gasteiger partial charge < -0.3 is 19.8 Å². The second-order valence-electron chi connectivity index (χ2n) is 8.11. The van der Waals surface area contributed by atoms with Crippen LogP contribution in [0.1, 0.15) is 5.56 Å². The third-order valence-electron chi connectivity index (χ3n) is 5.85. The summed E-state index contributed by atoms with van der Waals surface area (Å²) in [6, 6.07) is 14.4. The first-order valence-corrected chi connectivity index (χ1v) is 12.1. The first kappa shape index (κ1) is 24.0. The molecule has 1 aliphatic rings. The van der Waals surface area contributed by atoms with E-state index in [0.29, 0.717) is 24.1 Å². The summed E-state index contributed by atoms with van der Waals surface area (Å²) in [4.78, 5) is 24.3. The molecule has 4 rings (SSSR count). The Kier molecular flexibility index (Phi) is 7.36. The van der Waals surface area contributed by atoms with Gasteiger partial charge in [0.1, 0.15) is 6.04 Å². The number of carbonyl (C=O) groups is 1. The molecule has 3 aromatic rings. The minimum atomic E-state index is -1.56. The highest BCUT2D eigenvalue weighted by molar-refractivity contribution is 7.99. The van der Waals surface area contributed by atoms with Crippen LogP contribution in [-0.4, -0.2) is 53.6 Å². The molecule has 34 heavy (non-hydrogen) atoms. The Hall–Kier alpha value is -3.13. The number of aromatic nitrogens is 1. The number of nitrogens with zero attached hydrogens (tertiary/aromatic N) is 2. The van der Waals surface area contributed by atoms with Crippen LogP contribution in [0.5, 0.6) is 0 Å². The number of oxazole rings is 1. The van der Waals surface area contributed by atoms with Crippen LogP contribution in [0.15, 0.2) is 51.7 Å². The fourth-order valence-electron chi connectivity index (χ4n) is 3.86. The molecule has 2 aromatic carbocycles. The van der Waals surface area contributed by atoms with E-state index in [2.05, 4.69) is 16.7 Å². The molecule has 2 heterocycles. The summed E-state index contributed by atoms with van der Waals surface area (Å²) in [7, 11) is 1.66. The maximum Gasteiger partial charge on any atom is 0.419 e. The lowest BCUT2D eigenvalue weighted by molar-refractivity contribution is -0.143. The van der Waals surface area contributed by atoms with E-state index in [1.54, 1.807) is 19.4 Å². The first-order chi connectivity index (χ1) is 16.4.